The van der Waals surface area contributed by atoms with Crippen LogP contribution >= 0.6 is 0 Å². The van der Waals surface area contributed by atoms with Gasteiger partial charge in [0.15, 0.2) is 0 Å². The van der Waals surface area contributed by atoms with Crippen LogP contribution in [-0.4, -0.2) is 59.1 Å². The zero-order valence-electron chi connectivity index (χ0n) is 21.3. The third-order valence-corrected chi connectivity index (χ3v) is 5.85. The third kappa shape index (κ3) is 6.96. The van der Waals surface area contributed by atoms with E-state index in [0.29, 0.717) is 25.2 Å². The fourth-order valence-electron chi connectivity index (χ4n) is 4.44. The quantitative estimate of drug-likeness (QED) is 0.630. The zero-order valence-corrected chi connectivity index (χ0v) is 21.3. The molecule has 0 fully saturated rings. The molecule has 32 heavy (non-hydrogen) atoms. The van der Waals surface area contributed by atoms with Crippen LogP contribution in [0.5, 0.6) is 0 Å². The molecule has 0 saturated heterocycles. The smallest absolute Gasteiger partial charge is 0.411 e. The van der Waals surface area contributed by atoms with Crippen LogP contribution in [0.1, 0.15) is 84.5 Å². The number of rotatable bonds is 8. The van der Waals surface area contributed by atoms with Crippen molar-refractivity contribution in [2.45, 2.75) is 98.4 Å². The Kier molecular flexibility index (Phi) is 9.14. The molecular weight excluding hydrogens is 402 g/mol. The van der Waals surface area contributed by atoms with Gasteiger partial charge < -0.3 is 10.1 Å². The first kappa shape index (κ1) is 26.2. The minimum Gasteiger partial charge on any atom is -0.444 e. The molecule has 1 unspecified atom stereocenters. The summed E-state index contributed by atoms with van der Waals surface area (Å²) in [5, 5.41) is 3.09. The molecule has 1 aromatic rings. The SMILES string of the molecule is CCCc1ccc2c(c1)CCN(C(=O)OC(C)(C)C)C2C(=O)NCCN(C(C)C)C(C)C. The number of carbonyl (C=O) groups is 2. The minimum atomic E-state index is -0.671. The van der Waals surface area contributed by atoms with Crippen LogP contribution in [0.4, 0.5) is 4.79 Å². The number of nitrogens with zero attached hydrogens (tertiary/aromatic N) is 2. The van der Waals surface area contributed by atoms with Crippen molar-refractivity contribution in [3.05, 3.63) is 34.9 Å². The number of benzene rings is 1. The van der Waals surface area contributed by atoms with Gasteiger partial charge in [0, 0.05) is 31.7 Å². The molecule has 1 heterocycles. The monoisotopic (exact) mass is 445 g/mol. The molecule has 0 spiro atoms. The van der Waals surface area contributed by atoms with Crippen molar-refractivity contribution >= 4 is 12.0 Å². The number of carbonyl (C=O) groups excluding carboxylic acids is 2. The number of hydrogen-bond donors (Lipinski definition) is 1. The van der Waals surface area contributed by atoms with Crippen molar-refractivity contribution in [2.24, 2.45) is 0 Å². The molecule has 1 aromatic carbocycles. The minimum absolute atomic E-state index is 0.146. The molecule has 6 nitrogen and oxygen atoms in total. The second-order valence-corrected chi connectivity index (χ2v) is 10.3. The first-order valence-electron chi connectivity index (χ1n) is 12.1. The molecular formula is C26H43N3O3. The number of nitrogens with one attached hydrogen (secondary N) is 1. The van der Waals surface area contributed by atoms with Gasteiger partial charge >= 0.3 is 6.09 Å². The van der Waals surface area contributed by atoms with Gasteiger partial charge in [0.2, 0.25) is 5.91 Å². The first-order valence-corrected chi connectivity index (χ1v) is 12.1. The number of ether oxygens (including phenoxy) is 1. The van der Waals surface area contributed by atoms with Crippen LogP contribution in [0, 0.1) is 0 Å². The van der Waals surface area contributed by atoms with Gasteiger partial charge in [0.1, 0.15) is 11.6 Å². The fourth-order valence-corrected chi connectivity index (χ4v) is 4.44. The van der Waals surface area contributed by atoms with E-state index in [1.54, 1.807) is 4.90 Å². The van der Waals surface area contributed by atoms with Crippen LogP contribution in [0.2, 0.25) is 0 Å². The Morgan fingerprint density at radius 3 is 2.41 bits per heavy atom. The van der Waals surface area contributed by atoms with Gasteiger partial charge in [0.05, 0.1) is 0 Å². The normalized spacial score (nSPS) is 16.5. The lowest BCUT2D eigenvalue weighted by atomic mass is 9.90. The van der Waals surface area contributed by atoms with E-state index in [4.69, 9.17) is 4.74 Å². The van der Waals surface area contributed by atoms with E-state index in [0.717, 1.165) is 36.9 Å². The highest BCUT2D eigenvalue weighted by molar-refractivity contribution is 5.88. The summed E-state index contributed by atoms with van der Waals surface area (Å²) in [4.78, 5) is 30.3. The number of fused-ring (bicyclic) bond motifs is 1. The topological polar surface area (TPSA) is 61.9 Å². The van der Waals surface area contributed by atoms with E-state index in [9.17, 15) is 9.59 Å². The summed E-state index contributed by atoms with van der Waals surface area (Å²) in [7, 11) is 0. The first-order chi connectivity index (χ1) is 14.9. The predicted molar refractivity (Wildman–Crippen MR) is 130 cm³/mol. The molecule has 0 radical (unpaired) electrons. The average Bonchev–Trinajstić information content (AvgIpc) is 2.68. The van der Waals surface area contributed by atoms with Gasteiger partial charge in [0.25, 0.3) is 0 Å². The number of aryl methyl sites for hydroxylation is 1. The predicted octanol–water partition coefficient (Wildman–Crippen LogP) is 4.71. The van der Waals surface area contributed by atoms with E-state index in [1.807, 2.05) is 26.8 Å². The standard InChI is InChI=1S/C26H43N3O3/c1-9-10-20-11-12-22-21(17-20)13-15-29(25(31)32-26(6,7)8)23(22)24(30)27-14-16-28(18(2)3)19(4)5/h11-12,17-19,23H,9-10,13-16H2,1-8H3,(H,27,30). The molecule has 6 heteroatoms. The lowest BCUT2D eigenvalue weighted by Gasteiger charge is -2.37. The van der Waals surface area contributed by atoms with Crippen molar-refractivity contribution in [2.75, 3.05) is 19.6 Å². The molecule has 1 atom stereocenters. The summed E-state index contributed by atoms with van der Waals surface area (Å²) in [5.41, 5.74) is 2.73. The summed E-state index contributed by atoms with van der Waals surface area (Å²) in [6.07, 6.45) is 2.38. The van der Waals surface area contributed by atoms with Crippen LogP contribution in [-0.2, 0) is 22.4 Å². The average molecular weight is 446 g/mol. The van der Waals surface area contributed by atoms with Crippen molar-refractivity contribution in [1.29, 1.82) is 0 Å². The fraction of sp³-hybridized carbons (Fsp3) is 0.692. The Balaban J connectivity index is 2.25. The van der Waals surface area contributed by atoms with Gasteiger partial charge in [-0.2, -0.15) is 0 Å². The van der Waals surface area contributed by atoms with Crippen molar-refractivity contribution in [3.63, 3.8) is 0 Å². The molecule has 180 valence electrons. The van der Waals surface area contributed by atoms with Crippen LogP contribution in [0.25, 0.3) is 0 Å². The second-order valence-electron chi connectivity index (χ2n) is 10.3. The Hall–Kier alpha value is -2.08. The number of hydrogen-bond acceptors (Lipinski definition) is 4. The molecule has 0 aromatic heterocycles. The van der Waals surface area contributed by atoms with Gasteiger partial charge in [-0.05, 0) is 78.0 Å². The number of amides is 2. The highest BCUT2D eigenvalue weighted by Crippen LogP contribution is 2.32. The third-order valence-electron chi connectivity index (χ3n) is 5.85. The van der Waals surface area contributed by atoms with Crippen molar-refractivity contribution < 1.29 is 14.3 Å². The maximum atomic E-state index is 13.4. The van der Waals surface area contributed by atoms with E-state index < -0.39 is 17.7 Å². The summed E-state index contributed by atoms with van der Waals surface area (Å²) in [6, 6.07) is 6.44. The summed E-state index contributed by atoms with van der Waals surface area (Å²) in [6.45, 7) is 18.1. The summed E-state index contributed by atoms with van der Waals surface area (Å²) >= 11 is 0. The molecule has 0 aliphatic carbocycles. The highest BCUT2D eigenvalue weighted by Gasteiger charge is 2.38. The maximum Gasteiger partial charge on any atom is 0.411 e. The van der Waals surface area contributed by atoms with Crippen LogP contribution in [0.3, 0.4) is 0 Å². The lowest BCUT2D eigenvalue weighted by Crippen LogP contribution is -2.50. The van der Waals surface area contributed by atoms with Gasteiger partial charge in [-0.15, -0.1) is 0 Å². The van der Waals surface area contributed by atoms with Gasteiger partial charge in [-0.1, -0.05) is 31.5 Å². The molecule has 2 amide bonds. The molecule has 0 bridgehead atoms. The summed E-state index contributed by atoms with van der Waals surface area (Å²) in [5.74, 6) is -0.146. The Labute approximate surface area is 194 Å². The largest absolute Gasteiger partial charge is 0.444 e. The van der Waals surface area contributed by atoms with E-state index >= 15 is 0 Å². The highest BCUT2D eigenvalue weighted by atomic mass is 16.6. The second kappa shape index (κ2) is 11.2. The van der Waals surface area contributed by atoms with Gasteiger partial charge in [-0.25, -0.2) is 4.79 Å². The Morgan fingerprint density at radius 2 is 1.84 bits per heavy atom. The molecule has 2 rings (SSSR count). The van der Waals surface area contributed by atoms with Crippen molar-refractivity contribution in [1.82, 2.24) is 15.1 Å². The van der Waals surface area contributed by atoms with E-state index in [2.05, 4.69) is 57.0 Å². The molecule has 0 saturated carbocycles. The Bertz CT molecular complexity index is 775. The maximum absolute atomic E-state index is 13.4. The molecule has 1 aliphatic rings. The van der Waals surface area contributed by atoms with E-state index in [1.165, 1.54) is 5.56 Å². The zero-order chi connectivity index (χ0) is 24.1. The lowest BCUT2D eigenvalue weighted by molar-refractivity contribution is -0.127. The van der Waals surface area contributed by atoms with E-state index in [-0.39, 0.29) is 5.91 Å². The Morgan fingerprint density at radius 1 is 1.19 bits per heavy atom. The van der Waals surface area contributed by atoms with Crippen molar-refractivity contribution in [3.8, 4) is 0 Å². The summed E-state index contributed by atoms with van der Waals surface area (Å²) < 4.78 is 5.64. The van der Waals surface area contributed by atoms with Crippen LogP contribution < -0.4 is 5.32 Å². The molecule has 1 N–H and O–H groups in total. The molecule has 1 aliphatic heterocycles. The van der Waals surface area contributed by atoms with Gasteiger partial charge in [-0.3, -0.25) is 14.6 Å². The van der Waals surface area contributed by atoms with Crippen LogP contribution in [0.15, 0.2) is 18.2 Å².